The van der Waals surface area contributed by atoms with E-state index in [0.717, 1.165) is 22.7 Å². The lowest BCUT2D eigenvalue weighted by atomic mass is 9.97. The molecule has 49 heavy (non-hydrogen) atoms. The molecule has 2 heteroatoms. The molecule has 9 rings (SSSR count). The first-order valence-electron chi connectivity index (χ1n) is 16.9. The van der Waals surface area contributed by atoms with Crippen molar-refractivity contribution in [2.75, 3.05) is 4.90 Å². The number of aromatic nitrogens is 1. The van der Waals surface area contributed by atoms with Crippen molar-refractivity contribution in [2.45, 2.75) is 6.92 Å². The van der Waals surface area contributed by atoms with Crippen LogP contribution in [0, 0.1) is 6.92 Å². The molecule has 1 heterocycles. The van der Waals surface area contributed by atoms with E-state index in [4.69, 9.17) is 0 Å². The van der Waals surface area contributed by atoms with Crippen LogP contribution in [-0.4, -0.2) is 4.57 Å². The number of nitrogens with zero attached hydrogens (tertiary/aromatic N) is 2. The number of rotatable bonds is 6. The van der Waals surface area contributed by atoms with Gasteiger partial charge in [-0.15, -0.1) is 0 Å². The maximum absolute atomic E-state index is 2.47. The van der Waals surface area contributed by atoms with Crippen molar-refractivity contribution in [1.29, 1.82) is 0 Å². The Bertz CT molecular complexity index is 2600. The Hall–Kier alpha value is -6.38. The highest BCUT2D eigenvalue weighted by Crippen LogP contribution is 2.47. The van der Waals surface area contributed by atoms with E-state index in [1.165, 1.54) is 60.4 Å². The molecule has 2 nitrogen and oxygen atoms in total. The summed E-state index contributed by atoms with van der Waals surface area (Å²) in [5.74, 6) is 0. The molecule has 0 unspecified atom stereocenters. The molecular weight excluding hydrogens is 593 g/mol. The van der Waals surface area contributed by atoms with E-state index in [1.54, 1.807) is 0 Å². The number of benzene rings is 8. The van der Waals surface area contributed by atoms with Gasteiger partial charge in [-0.25, -0.2) is 0 Å². The number of hydrogen-bond acceptors (Lipinski definition) is 1. The maximum atomic E-state index is 2.47. The molecule has 0 radical (unpaired) electrons. The highest BCUT2D eigenvalue weighted by molar-refractivity contribution is 6.17. The fourth-order valence-electron chi connectivity index (χ4n) is 7.31. The van der Waals surface area contributed by atoms with Crippen LogP contribution in [0.2, 0.25) is 0 Å². The number of fused-ring (bicyclic) bond motifs is 4. The lowest BCUT2D eigenvalue weighted by Crippen LogP contribution is -2.12. The van der Waals surface area contributed by atoms with E-state index in [9.17, 15) is 0 Å². The van der Waals surface area contributed by atoms with Crippen LogP contribution in [0.15, 0.2) is 188 Å². The van der Waals surface area contributed by atoms with Gasteiger partial charge in [0.2, 0.25) is 0 Å². The zero-order chi connectivity index (χ0) is 32.7. The van der Waals surface area contributed by atoms with Gasteiger partial charge in [0, 0.05) is 27.7 Å². The normalized spacial score (nSPS) is 11.4. The average Bonchev–Trinajstić information content (AvgIpc) is 3.51. The Balaban J connectivity index is 1.34. The average molecular weight is 627 g/mol. The summed E-state index contributed by atoms with van der Waals surface area (Å²) in [6.07, 6.45) is 0. The second-order valence-corrected chi connectivity index (χ2v) is 12.7. The van der Waals surface area contributed by atoms with Gasteiger partial charge in [-0.3, -0.25) is 0 Å². The first kappa shape index (κ1) is 28.8. The Morgan fingerprint density at radius 1 is 0.429 bits per heavy atom. The van der Waals surface area contributed by atoms with Crippen LogP contribution in [-0.2, 0) is 0 Å². The Kier molecular flexibility index (Phi) is 7.06. The fraction of sp³-hybridized carbons (Fsp3) is 0.0213. The zero-order valence-electron chi connectivity index (χ0n) is 27.3. The summed E-state index contributed by atoms with van der Waals surface area (Å²) < 4.78 is 2.39. The summed E-state index contributed by atoms with van der Waals surface area (Å²) in [5, 5.41) is 4.92. The molecule has 0 N–H and O–H groups in total. The summed E-state index contributed by atoms with van der Waals surface area (Å²) in [6, 6.07) is 68.1. The summed E-state index contributed by atoms with van der Waals surface area (Å²) in [5.41, 5.74) is 12.9. The van der Waals surface area contributed by atoms with Crippen LogP contribution in [0.4, 0.5) is 17.1 Å². The van der Waals surface area contributed by atoms with E-state index >= 15 is 0 Å². The van der Waals surface area contributed by atoms with E-state index in [1.807, 2.05) is 0 Å². The minimum atomic E-state index is 1.11. The van der Waals surface area contributed by atoms with Crippen LogP contribution in [0.1, 0.15) is 5.56 Å². The van der Waals surface area contributed by atoms with Crippen LogP contribution in [0.5, 0.6) is 0 Å². The van der Waals surface area contributed by atoms with Crippen molar-refractivity contribution in [2.24, 2.45) is 0 Å². The number of anilines is 3. The quantitative estimate of drug-likeness (QED) is 0.178. The topological polar surface area (TPSA) is 8.17 Å². The minimum absolute atomic E-state index is 1.11. The second-order valence-electron chi connectivity index (χ2n) is 12.7. The highest BCUT2D eigenvalue weighted by atomic mass is 15.2. The molecule has 0 bridgehead atoms. The monoisotopic (exact) mass is 626 g/mol. The molecule has 0 amide bonds. The maximum Gasteiger partial charge on any atom is 0.0562 e. The van der Waals surface area contributed by atoms with Gasteiger partial charge in [0.15, 0.2) is 0 Å². The molecular formula is C47H34N2. The smallest absolute Gasteiger partial charge is 0.0562 e. The molecule has 0 atom stereocenters. The Morgan fingerprint density at radius 2 is 1.08 bits per heavy atom. The van der Waals surface area contributed by atoms with Gasteiger partial charge in [-0.05, 0) is 94.5 Å². The SMILES string of the molecule is Cc1ccc(-c2ccc3ccccc3c2)c(N(c2ccc(-c3ccccc3)cc2)c2cccc3c2c2ccccc2n3-c2ccccc2)c1. The van der Waals surface area contributed by atoms with Gasteiger partial charge in [0.25, 0.3) is 0 Å². The molecule has 232 valence electrons. The predicted molar refractivity (Wildman–Crippen MR) is 209 cm³/mol. The summed E-state index contributed by atoms with van der Waals surface area (Å²) in [7, 11) is 0. The zero-order valence-corrected chi connectivity index (χ0v) is 27.3. The molecule has 0 saturated carbocycles. The van der Waals surface area contributed by atoms with Crippen molar-refractivity contribution in [1.82, 2.24) is 4.57 Å². The summed E-state index contributed by atoms with van der Waals surface area (Å²) >= 11 is 0. The van der Waals surface area contributed by atoms with Crippen LogP contribution in [0.3, 0.4) is 0 Å². The van der Waals surface area contributed by atoms with E-state index < -0.39 is 0 Å². The molecule has 0 aliphatic rings. The third kappa shape index (κ3) is 5.06. The lowest BCUT2D eigenvalue weighted by molar-refractivity contribution is 1.18. The standard InChI is InChI=1S/C47H34N2/c1-33-23-30-41(38-25-24-35-15-8-9-16-37(35)32-38)46(31-33)49(40-28-26-36(27-29-40)34-13-4-2-5-14-34)45-22-12-21-44-47(45)42-19-10-11-20-43(42)48(44)39-17-6-3-7-18-39/h2-32H,1H3. The number of hydrogen-bond donors (Lipinski definition) is 0. The largest absolute Gasteiger partial charge is 0.309 e. The van der Waals surface area contributed by atoms with Gasteiger partial charge >= 0.3 is 0 Å². The fourth-order valence-corrected chi connectivity index (χ4v) is 7.31. The number of aryl methyl sites for hydroxylation is 1. The summed E-state index contributed by atoms with van der Waals surface area (Å²) in [6.45, 7) is 2.19. The third-order valence-corrected chi connectivity index (χ3v) is 9.62. The van der Waals surface area contributed by atoms with Crippen molar-refractivity contribution < 1.29 is 0 Å². The first-order chi connectivity index (χ1) is 24.2. The van der Waals surface area contributed by atoms with Gasteiger partial charge in [0.05, 0.1) is 22.4 Å². The minimum Gasteiger partial charge on any atom is -0.309 e. The van der Waals surface area contributed by atoms with Crippen molar-refractivity contribution in [3.05, 3.63) is 194 Å². The predicted octanol–water partition coefficient (Wildman–Crippen LogP) is 13.0. The second kappa shape index (κ2) is 12.0. The van der Waals surface area contributed by atoms with E-state index in [0.29, 0.717) is 0 Å². The van der Waals surface area contributed by atoms with Crippen LogP contribution in [0.25, 0.3) is 60.5 Å². The molecule has 0 fully saturated rings. The van der Waals surface area contributed by atoms with Crippen molar-refractivity contribution in [3.63, 3.8) is 0 Å². The van der Waals surface area contributed by atoms with E-state index in [2.05, 4.69) is 204 Å². The Labute approximate surface area is 286 Å². The molecule has 0 spiro atoms. The van der Waals surface area contributed by atoms with Crippen molar-refractivity contribution in [3.8, 4) is 27.9 Å². The first-order valence-corrected chi connectivity index (χ1v) is 16.9. The van der Waals surface area contributed by atoms with Crippen LogP contribution >= 0.6 is 0 Å². The Morgan fingerprint density at radius 3 is 1.90 bits per heavy atom. The molecule has 0 saturated heterocycles. The van der Waals surface area contributed by atoms with E-state index in [-0.39, 0.29) is 0 Å². The molecule has 8 aromatic carbocycles. The number of para-hydroxylation sites is 2. The molecule has 9 aromatic rings. The van der Waals surface area contributed by atoms with Gasteiger partial charge < -0.3 is 9.47 Å². The molecule has 0 aliphatic carbocycles. The summed E-state index contributed by atoms with van der Waals surface area (Å²) in [4.78, 5) is 2.47. The van der Waals surface area contributed by atoms with Crippen LogP contribution < -0.4 is 4.90 Å². The third-order valence-electron chi connectivity index (χ3n) is 9.62. The van der Waals surface area contributed by atoms with Crippen molar-refractivity contribution >= 4 is 49.6 Å². The van der Waals surface area contributed by atoms with Gasteiger partial charge in [-0.2, -0.15) is 0 Å². The highest BCUT2D eigenvalue weighted by Gasteiger charge is 2.23. The molecule has 1 aromatic heterocycles. The van der Waals surface area contributed by atoms with Gasteiger partial charge in [-0.1, -0.05) is 133 Å². The lowest BCUT2D eigenvalue weighted by Gasteiger charge is -2.29. The van der Waals surface area contributed by atoms with Gasteiger partial charge in [0.1, 0.15) is 0 Å². The molecule has 0 aliphatic heterocycles.